The number of phenols is 1. The van der Waals surface area contributed by atoms with Crippen LogP contribution in [0.2, 0.25) is 0 Å². The van der Waals surface area contributed by atoms with Crippen LogP contribution in [0.5, 0.6) is 17.6 Å². The summed E-state index contributed by atoms with van der Waals surface area (Å²) in [6.07, 6.45) is 5.87. The Kier molecular flexibility index (Phi) is 6.88. The van der Waals surface area contributed by atoms with Crippen molar-refractivity contribution in [2.45, 2.75) is 62.2 Å². The minimum absolute atomic E-state index is 0.0138. The highest BCUT2D eigenvalue weighted by molar-refractivity contribution is 6.04. The zero-order valence-electron chi connectivity index (χ0n) is 25.2. The Balaban J connectivity index is 1.33. The number of terminal acetylenes is 1. The van der Waals surface area contributed by atoms with Crippen molar-refractivity contribution in [1.29, 1.82) is 0 Å². The first-order chi connectivity index (χ1) is 22.6. The molecule has 3 saturated heterocycles. The second-order valence-electron chi connectivity index (χ2n) is 13.0. The number of aromatic nitrogens is 3. The lowest BCUT2D eigenvalue weighted by atomic mass is 9.95. The fourth-order valence-electron chi connectivity index (χ4n) is 7.91. The zero-order chi connectivity index (χ0) is 32.7. The molecule has 8 rings (SSSR count). The maximum absolute atomic E-state index is 16.9. The van der Waals surface area contributed by atoms with Gasteiger partial charge in [-0.2, -0.15) is 9.97 Å². The first-order valence-electron chi connectivity index (χ1n) is 15.7. The number of benzene rings is 2. The molecule has 0 saturated carbocycles. The summed E-state index contributed by atoms with van der Waals surface area (Å²) in [5, 5.41) is 11.1. The first kappa shape index (κ1) is 29.9. The van der Waals surface area contributed by atoms with Crippen LogP contribution in [0, 0.1) is 24.0 Å². The molecule has 0 amide bonds. The van der Waals surface area contributed by atoms with E-state index >= 15 is 4.39 Å². The Morgan fingerprint density at radius 3 is 2.72 bits per heavy atom. The predicted octanol–water partition coefficient (Wildman–Crippen LogP) is 6.15. The molecule has 0 radical (unpaired) electrons. The minimum Gasteiger partial charge on any atom is -0.508 e. The molecular weight excluding hydrogens is 621 g/mol. The highest BCUT2D eigenvalue weighted by Gasteiger charge is 2.49. The van der Waals surface area contributed by atoms with Gasteiger partial charge in [0.1, 0.15) is 53.4 Å². The van der Waals surface area contributed by atoms with E-state index in [4.69, 9.17) is 15.9 Å². The molecule has 0 spiro atoms. The molecule has 1 N–H and O–H groups in total. The number of pyridine rings is 1. The summed E-state index contributed by atoms with van der Waals surface area (Å²) in [6, 6.07) is 4.12. The van der Waals surface area contributed by atoms with E-state index in [0.717, 1.165) is 25.5 Å². The van der Waals surface area contributed by atoms with Crippen molar-refractivity contribution in [3.63, 3.8) is 0 Å². The van der Waals surface area contributed by atoms with E-state index < -0.39 is 41.7 Å². The molecule has 244 valence electrons. The van der Waals surface area contributed by atoms with Gasteiger partial charge in [0.05, 0.1) is 17.1 Å². The van der Waals surface area contributed by atoms with Crippen molar-refractivity contribution >= 4 is 27.5 Å². The van der Waals surface area contributed by atoms with Crippen molar-refractivity contribution in [3.8, 4) is 41.2 Å². The van der Waals surface area contributed by atoms with Crippen molar-refractivity contribution in [2.24, 2.45) is 0 Å². The Labute approximate surface area is 266 Å². The molecule has 47 heavy (non-hydrogen) atoms. The number of fused-ring (bicyclic) bond motifs is 4. The maximum Gasteiger partial charge on any atom is 0.319 e. The number of aromatic hydroxyl groups is 1. The summed E-state index contributed by atoms with van der Waals surface area (Å²) in [6.45, 7) is 1.10. The van der Waals surface area contributed by atoms with E-state index in [0.29, 0.717) is 11.9 Å². The number of ether oxygens (including phenoxy) is 2. The van der Waals surface area contributed by atoms with Gasteiger partial charge in [0.2, 0.25) is 11.8 Å². The van der Waals surface area contributed by atoms with Gasteiger partial charge in [0.25, 0.3) is 0 Å². The molecule has 4 aliphatic heterocycles. The molecule has 3 atom stereocenters. The molecule has 0 bridgehead atoms. The summed E-state index contributed by atoms with van der Waals surface area (Å²) in [5.74, 6) is -2.54. The van der Waals surface area contributed by atoms with Crippen LogP contribution >= 0.6 is 0 Å². The average Bonchev–Trinajstić information content (AvgIpc) is 3.45. The molecule has 4 aromatic rings. The van der Waals surface area contributed by atoms with Gasteiger partial charge < -0.3 is 19.5 Å². The summed E-state index contributed by atoms with van der Waals surface area (Å²) in [5.41, 5.74) is -1.32. The maximum atomic E-state index is 16.9. The number of hydrogen-bond acceptors (Lipinski definition) is 8. The Bertz CT molecular complexity index is 1990. The fraction of sp³-hybridized carbons (Fsp3) is 0.441. The summed E-state index contributed by atoms with van der Waals surface area (Å²) in [4.78, 5) is 17.3. The quantitative estimate of drug-likeness (QED) is 0.208. The lowest BCUT2D eigenvalue weighted by molar-refractivity contribution is -0.0204. The van der Waals surface area contributed by atoms with Crippen LogP contribution in [0.1, 0.15) is 44.1 Å². The normalized spacial score (nSPS) is 25.1. The van der Waals surface area contributed by atoms with Crippen molar-refractivity contribution in [2.75, 3.05) is 37.7 Å². The Hall–Kier alpha value is -4.44. The van der Waals surface area contributed by atoms with Crippen molar-refractivity contribution in [3.05, 3.63) is 41.5 Å². The van der Waals surface area contributed by atoms with Gasteiger partial charge in [0, 0.05) is 43.3 Å². The number of anilines is 1. The van der Waals surface area contributed by atoms with Crippen LogP contribution < -0.4 is 14.4 Å². The lowest BCUT2D eigenvalue weighted by Gasteiger charge is -2.31. The first-order valence-corrected chi connectivity index (χ1v) is 15.7. The van der Waals surface area contributed by atoms with E-state index in [-0.39, 0.29) is 95.6 Å². The number of rotatable bonds is 4. The van der Waals surface area contributed by atoms with Crippen LogP contribution in [0.4, 0.5) is 27.8 Å². The van der Waals surface area contributed by atoms with Gasteiger partial charge in [-0.25, -0.2) is 26.9 Å². The third-order valence-corrected chi connectivity index (χ3v) is 10.00. The lowest BCUT2D eigenvalue weighted by Crippen LogP contribution is -2.43. The SMILES string of the molecule is C#Cc1c(F)ccc2cc(O)cc(-c3nc4c5c(nc(OC[C@@]67CCCN6C[C@H](F)C7)nc5c3F)N3CCCC(F)(F)C[C@H]3CO4)c12. The van der Waals surface area contributed by atoms with Gasteiger partial charge in [-0.1, -0.05) is 12.0 Å². The fourth-order valence-corrected chi connectivity index (χ4v) is 7.91. The number of halogens is 5. The third-order valence-electron chi connectivity index (χ3n) is 10.00. The Morgan fingerprint density at radius 1 is 1.06 bits per heavy atom. The van der Waals surface area contributed by atoms with E-state index in [1.807, 2.05) is 0 Å². The number of phenolic OH excluding ortho intramolecular Hbond substituents is 1. The van der Waals surface area contributed by atoms with E-state index in [1.54, 1.807) is 4.90 Å². The van der Waals surface area contributed by atoms with E-state index in [9.17, 15) is 22.7 Å². The number of hydrogen-bond donors (Lipinski definition) is 1. The van der Waals surface area contributed by atoms with Crippen LogP contribution in [0.25, 0.3) is 32.9 Å². The molecule has 4 aliphatic rings. The molecule has 2 aromatic carbocycles. The second kappa shape index (κ2) is 10.8. The van der Waals surface area contributed by atoms with Gasteiger partial charge in [-0.15, -0.1) is 6.42 Å². The van der Waals surface area contributed by atoms with Gasteiger partial charge in [0.15, 0.2) is 5.82 Å². The molecule has 8 nitrogen and oxygen atoms in total. The van der Waals surface area contributed by atoms with Crippen LogP contribution in [-0.4, -0.2) is 81.5 Å². The monoisotopic (exact) mass is 651 g/mol. The number of alkyl halides is 3. The third kappa shape index (κ3) is 4.87. The molecule has 0 aliphatic carbocycles. The topological polar surface area (TPSA) is 83.8 Å². The van der Waals surface area contributed by atoms with Crippen LogP contribution in [0.3, 0.4) is 0 Å². The minimum atomic E-state index is -2.96. The zero-order valence-corrected chi connectivity index (χ0v) is 25.2. The van der Waals surface area contributed by atoms with Gasteiger partial charge >= 0.3 is 6.01 Å². The largest absolute Gasteiger partial charge is 0.508 e. The summed E-state index contributed by atoms with van der Waals surface area (Å²) < 4.78 is 88.2. The molecular formula is C34H30F5N5O3. The molecule has 13 heteroatoms. The predicted molar refractivity (Wildman–Crippen MR) is 164 cm³/mol. The second-order valence-corrected chi connectivity index (χ2v) is 13.0. The molecule has 2 aromatic heterocycles. The van der Waals surface area contributed by atoms with Crippen LogP contribution in [-0.2, 0) is 0 Å². The summed E-state index contributed by atoms with van der Waals surface area (Å²) in [7, 11) is 0. The van der Waals surface area contributed by atoms with E-state index in [2.05, 4.69) is 25.8 Å². The standard InChI is InChI=1S/C34H30F5N5O3/c1-2-22-24(36)6-5-18-11-21(45)12-23(25(18)22)28-27(37)29-26-30(44-10-4-8-34(38,39)14-20(44)16-46-31(26)40-28)42-32(41-29)47-17-33-7-3-9-43(33)15-19(35)13-33/h1,5-6,11-12,19-20,45H,3-4,7-10,13-17H2/t19-,20+,33+/m1/s1. The van der Waals surface area contributed by atoms with Crippen molar-refractivity contribution < 1.29 is 36.5 Å². The van der Waals surface area contributed by atoms with Gasteiger partial charge in [-0.3, -0.25) is 4.90 Å². The smallest absolute Gasteiger partial charge is 0.319 e. The highest BCUT2D eigenvalue weighted by Crippen LogP contribution is 2.46. The average molecular weight is 652 g/mol. The van der Waals surface area contributed by atoms with E-state index in [1.165, 1.54) is 18.2 Å². The van der Waals surface area contributed by atoms with Crippen molar-refractivity contribution in [1.82, 2.24) is 19.9 Å². The summed E-state index contributed by atoms with van der Waals surface area (Å²) >= 11 is 0. The molecule has 6 heterocycles. The number of nitrogens with zero attached hydrogens (tertiary/aromatic N) is 5. The molecule has 3 fully saturated rings. The highest BCUT2D eigenvalue weighted by atomic mass is 19.3. The molecule has 0 unspecified atom stereocenters. The van der Waals surface area contributed by atoms with Crippen LogP contribution in [0.15, 0.2) is 24.3 Å². The Morgan fingerprint density at radius 2 is 1.89 bits per heavy atom. The van der Waals surface area contributed by atoms with Gasteiger partial charge in [-0.05, 0) is 49.4 Å².